The molecule has 0 aromatic carbocycles. The van der Waals surface area contributed by atoms with E-state index in [1.165, 1.54) is 6.26 Å². The number of carboxylic acid groups (broad SMARTS) is 1. The number of rotatable bonds is 6. The van der Waals surface area contributed by atoms with Crippen LogP contribution in [0.5, 0.6) is 0 Å². The molecule has 2 rings (SSSR count). The smallest absolute Gasteiger partial charge is 0.372 e. The molecule has 1 unspecified atom stereocenters. The predicted molar refractivity (Wildman–Crippen MR) is 65.4 cm³/mol. The van der Waals surface area contributed by atoms with Crippen LogP contribution in [0.2, 0.25) is 0 Å². The molecule has 1 fully saturated rings. The Morgan fingerprint density at radius 3 is 3.11 bits per heavy atom. The van der Waals surface area contributed by atoms with Gasteiger partial charge in [-0.2, -0.15) is 0 Å². The zero-order valence-corrected chi connectivity index (χ0v) is 10.3. The molecule has 0 bridgehead atoms. The molecule has 1 aliphatic heterocycles. The fourth-order valence-electron chi connectivity index (χ4n) is 2.62. The Morgan fingerprint density at radius 1 is 1.56 bits per heavy atom. The molecule has 1 aromatic rings. The summed E-state index contributed by atoms with van der Waals surface area (Å²) in [7, 11) is 0. The van der Waals surface area contributed by atoms with E-state index in [1.807, 2.05) is 0 Å². The maximum Gasteiger partial charge on any atom is 0.372 e. The number of furan rings is 1. The molecule has 5 nitrogen and oxygen atoms in total. The van der Waals surface area contributed by atoms with Gasteiger partial charge >= 0.3 is 5.97 Å². The number of nitrogens with zero attached hydrogens (tertiary/aromatic N) is 1. The number of carboxylic acids is 1. The number of likely N-dealkylation sites (tertiary alicyclic amines) is 1. The molecule has 100 valence electrons. The molecule has 2 N–H and O–H groups in total. The average Bonchev–Trinajstić information content (AvgIpc) is 2.96. The Kier molecular flexibility index (Phi) is 4.38. The first-order valence-corrected chi connectivity index (χ1v) is 6.37. The highest BCUT2D eigenvalue weighted by Gasteiger charge is 2.26. The summed E-state index contributed by atoms with van der Waals surface area (Å²) in [5.41, 5.74) is 0.735. The van der Waals surface area contributed by atoms with Crippen LogP contribution < -0.4 is 0 Å². The van der Waals surface area contributed by atoms with Crippen molar-refractivity contribution in [1.29, 1.82) is 0 Å². The zero-order chi connectivity index (χ0) is 13.0. The number of hydrogen-bond acceptors (Lipinski definition) is 4. The van der Waals surface area contributed by atoms with E-state index in [9.17, 15) is 4.79 Å². The molecule has 1 saturated heterocycles. The number of aromatic carboxylic acids is 1. The van der Waals surface area contributed by atoms with Gasteiger partial charge in [0.1, 0.15) is 0 Å². The third-order valence-corrected chi connectivity index (χ3v) is 3.51. The van der Waals surface area contributed by atoms with Crippen molar-refractivity contribution in [3.05, 3.63) is 23.7 Å². The third-order valence-electron chi connectivity index (χ3n) is 3.51. The Labute approximate surface area is 106 Å². The molecule has 0 radical (unpaired) electrons. The fraction of sp³-hybridized carbons (Fsp3) is 0.615. The summed E-state index contributed by atoms with van der Waals surface area (Å²) in [5, 5.41) is 17.9. The lowest BCUT2D eigenvalue weighted by Gasteiger charge is -2.23. The number of hydrogen-bond donors (Lipinski definition) is 2. The van der Waals surface area contributed by atoms with Crippen LogP contribution in [-0.4, -0.2) is 40.3 Å². The van der Waals surface area contributed by atoms with Crippen LogP contribution in [0.4, 0.5) is 0 Å². The molecule has 0 saturated carbocycles. The van der Waals surface area contributed by atoms with Crippen LogP contribution in [0.25, 0.3) is 0 Å². The topological polar surface area (TPSA) is 73.9 Å². The lowest BCUT2D eigenvalue weighted by atomic mass is 10.1. The molecular weight excluding hydrogens is 234 g/mol. The van der Waals surface area contributed by atoms with Gasteiger partial charge in [-0.05, 0) is 38.3 Å². The Bertz CT molecular complexity index is 401. The minimum atomic E-state index is -1.01. The standard InChI is InChI=1S/C13H19NO4/c15-7-2-4-11-3-1-6-14(11)9-10-5-8-18-12(10)13(16)17/h5,8,11,15H,1-4,6-7,9H2,(H,16,17). The highest BCUT2D eigenvalue weighted by atomic mass is 16.4. The minimum Gasteiger partial charge on any atom is -0.475 e. The predicted octanol–water partition coefficient (Wildman–Crippen LogP) is 1.71. The molecule has 0 amide bonds. The van der Waals surface area contributed by atoms with Crippen molar-refractivity contribution in [2.45, 2.75) is 38.3 Å². The van der Waals surface area contributed by atoms with Crippen LogP contribution in [-0.2, 0) is 6.54 Å². The summed E-state index contributed by atoms with van der Waals surface area (Å²) in [6, 6.07) is 2.18. The molecule has 18 heavy (non-hydrogen) atoms. The summed E-state index contributed by atoms with van der Waals surface area (Å²) in [5.74, 6) is -0.969. The number of aliphatic hydroxyl groups excluding tert-OH is 1. The maximum absolute atomic E-state index is 11.0. The normalized spacial score (nSPS) is 20.4. The van der Waals surface area contributed by atoms with Gasteiger partial charge in [-0.25, -0.2) is 4.79 Å². The van der Waals surface area contributed by atoms with Crippen molar-refractivity contribution in [2.24, 2.45) is 0 Å². The minimum absolute atomic E-state index is 0.0443. The van der Waals surface area contributed by atoms with Gasteiger partial charge < -0.3 is 14.6 Å². The van der Waals surface area contributed by atoms with Crippen molar-refractivity contribution in [2.75, 3.05) is 13.2 Å². The lowest BCUT2D eigenvalue weighted by Crippen LogP contribution is -2.29. The maximum atomic E-state index is 11.0. The van der Waals surface area contributed by atoms with Gasteiger partial charge in [0.05, 0.1) is 6.26 Å². The van der Waals surface area contributed by atoms with Gasteiger partial charge in [0.15, 0.2) is 0 Å². The van der Waals surface area contributed by atoms with E-state index >= 15 is 0 Å². The second-order valence-electron chi connectivity index (χ2n) is 4.71. The molecule has 2 heterocycles. The molecular formula is C13H19NO4. The molecule has 1 aromatic heterocycles. The van der Waals surface area contributed by atoms with Gasteiger partial charge in [-0.1, -0.05) is 0 Å². The van der Waals surface area contributed by atoms with E-state index in [-0.39, 0.29) is 12.4 Å². The first-order chi connectivity index (χ1) is 8.72. The van der Waals surface area contributed by atoms with Gasteiger partial charge in [-0.15, -0.1) is 0 Å². The molecule has 0 spiro atoms. The van der Waals surface area contributed by atoms with Gasteiger partial charge in [0, 0.05) is 24.8 Å². The van der Waals surface area contributed by atoms with E-state index in [0.717, 1.165) is 37.8 Å². The Hall–Kier alpha value is -1.33. The summed E-state index contributed by atoms with van der Waals surface area (Å²) >= 11 is 0. The van der Waals surface area contributed by atoms with Crippen molar-refractivity contribution in [3.63, 3.8) is 0 Å². The van der Waals surface area contributed by atoms with Gasteiger partial charge in [-0.3, -0.25) is 4.90 Å². The van der Waals surface area contributed by atoms with Gasteiger partial charge in [0.25, 0.3) is 0 Å². The van der Waals surface area contributed by atoms with Crippen molar-refractivity contribution < 1.29 is 19.4 Å². The summed E-state index contributed by atoms with van der Waals surface area (Å²) in [4.78, 5) is 13.2. The van der Waals surface area contributed by atoms with E-state index in [1.54, 1.807) is 6.07 Å². The highest BCUT2D eigenvalue weighted by Crippen LogP contribution is 2.24. The molecule has 1 atom stereocenters. The van der Waals surface area contributed by atoms with E-state index in [0.29, 0.717) is 12.6 Å². The van der Waals surface area contributed by atoms with Crippen LogP contribution in [0, 0.1) is 0 Å². The van der Waals surface area contributed by atoms with Crippen molar-refractivity contribution in [1.82, 2.24) is 4.90 Å². The number of aliphatic hydroxyl groups is 1. The monoisotopic (exact) mass is 253 g/mol. The average molecular weight is 253 g/mol. The summed E-state index contributed by atoms with van der Waals surface area (Å²) in [6.45, 7) is 1.82. The second-order valence-corrected chi connectivity index (χ2v) is 4.71. The first-order valence-electron chi connectivity index (χ1n) is 6.37. The third kappa shape index (κ3) is 2.91. The van der Waals surface area contributed by atoms with E-state index in [2.05, 4.69) is 4.90 Å². The molecule has 1 aliphatic rings. The number of carbonyl (C=O) groups is 1. The van der Waals surface area contributed by atoms with E-state index in [4.69, 9.17) is 14.6 Å². The fourth-order valence-corrected chi connectivity index (χ4v) is 2.62. The summed E-state index contributed by atoms with van der Waals surface area (Å²) < 4.78 is 4.99. The molecule has 5 heteroatoms. The second kappa shape index (κ2) is 6.02. The van der Waals surface area contributed by atoms with E-state index < -0.39 is 5.97 Å². The first kappa shape index (κ1) is 13.1. The Morgan fingerprint density at radius 2 is 2.39 bits per heavy atom. The zero-order valence-electron chi connectivity index (χ0n) is 10.3. The van der Waals surface area contributed by atoms with Crippen LogP contribution >= 0.6 is 0 Å². The summed E-state index contributed by atoms with van der Waals surface area (Å²) in [6.07, 6.45) is 5.46. The van der Waals surface area contributed by atoms with Crippen LogP contribution in [0.1, 0.15) is 41.8 Å². The van der Waals surface area contributed by atoms with Crippen LogP contribution in [0.3, 0.4) is 0 Å². The largest absolute Gasteiger partial charge is 0.475 e. The highest BCUT2D eigenvalue weighted by molar-refractivity contribution is 5.86. The van der Waals surface area contributed by atoms with Crippen LogP contribution in [0.15, 0.2) is 16.7 Å². The quantitative estimate of drug-likeness (QED) is 0.807. The molecule has 0 aliphatic carbocycles. The van der Waals surface area contributed by atoms with Crippen molar-refractivity contribution in [3.8, 4) is 0 Å². The van der Waals surface area contributed by atoms with Gasteiger partial charge in [0.2, 0.25) is 5.76 Å². The van der Waals surface area contributed by atoms with Crippen molar-refractivity contribution >= 4 is 5.97 Å². The lowest BCUT2D eigenvalue weighted by molar-refractivity contribution is 0.0658. The SMILES string of the molecule is O=C(O)c1occc1CN1CCCC1CCCO. The Balaban J connectivity index is 1.99.